The summed E-state index contributed by atoms with van der Waals surface area (Å²) in [7, 11) is 1.37. The van der Waals surface area contributed by atoms with Crippen LogP contribution < -0.4 is 0 Å². The average Bonchev–Trinajstić information content (AvgIpc) is 2.66. The van der Waals surface area contributed by atoms with Gasteiger partial charge in [-0.3, -0.25) is 9.59 Å². The van der Waals surface area contributed by atoms with Crippen molar-refractivity contribution in [2.45, 2.75) is 39.7 Å². The number of amides is 1. The number of benzene rings is 2. The van der Waals surface area contributed by atoms with Gasteiger partial charge in [-0.2, -0.15) is 0 Å². The van der Waals surface area contributed by atoms with E-state index in [0.29, 0.717) is 18.7 Å². The van der Waals surface area contributed by atoms with Crippen LogP contribution in [0, 0.1) is 5.92 Å². The predicted molar refractivity (Wildman–Crippen MR) is 108 cm³/mol. The summed E-state index contributed by atoms with van der Waals surface area (Å²) >= 11 is 0. The van der Waals surface area contributed by atoms with Gasteiger partial charge in [0, 0.05) is 18.7 Å². The Bertz CT molecular complexity index is 760. The van der Waals surface area contributed by atoms with Gasteiger partial charge >= 0.3 is 5.97 Å². The topological polar surface area (TPSA) is 46.6 Å². The number of rotatable bonds is 6. The van der Waals surface area contributed by atoms with Crippen LogP contribution >= 0.6 is 0 Å². The zero-order valence-corrected chi connectivity index (χ0v) is 16.9. The van der Waals surface area contributed by atoms with Crippen LogP contribution in [0.4, 0.5) is 0 Å². The smallest absolute Gasteiger partial charge is 0.310 e. The Kier molecular flexibility index (Phi) is 6.78. The summed E-state index contributed by atoms with van der Waals surface area (Å²) in [6.07, 6.45) is 0. The van der Waals surface area contributed by atoms with Crippen LogP contribution in [0.25, 0.3) is 0 Å². The number of hydrogen-bond acceptors (Lipinski definition) is 3. The third-order valence-electron chi connectivity index (χ3n) is 4.60. The minimum Gasteiger partial charge on any atom is -0.469 e. The van der Waals surface area contributed by atoms with Crippen molar-refractivity contribution < 1.29 is 14.3 Å². The molecule has 0 fully saturated rings. The lowest BCUT2D eigenvalue weighted by atomic mass is 9.86. The van der Waals surface area contributed by atoms with E-state index in [1.54, 1.807) is 11.8 Å². The highest BCUT2D eigenvalue weighted by molar-refractivity contribution is 5.94. The molecule has 0 radical (unpaired) electrons. The van der Waals surface area contributed by atoms with Gasteiger partial charge in [0.25, 0.3) is 5.91 Å². The third-order valence-corrected chi connectivity index (χ3v) is 4.60. The van der Waals surface area contributed by atoms with E-state index in [1.165, 1.54) is 12.7 Å². The molecular weight excluding hydrogens is 338 g/mol. The van der Waals surface area contributed by atoms with Crippen LogP contribution in [0.3, 0.4) is 0 Å². The maximum absolute atomic E-state index is 13.1. The molecule has 0 saturated heterocycles. The molecule has 2 aromatic rings. The second-order valence-corrected chi connectivity index (χ2v) is 7.92. The van der Waals surface area contributed by atoms with E-state index in [0.717, 1.165) is 5.56 Å². The molecule has 0 heterocycles. The summed E-state index contributed by atoms with van der Waals surface area (Å²) in [5.41, 5.74) is 2.85. The molecule has 27 heavy (non-hydrogen) atoms. The van der Waals surface area contributed by atoms with Crippen LogP contribution in [0.1, 0.15) is 49.2 Å². The standard InChI is InChI=1S/C23H29NO3/c1-17(22(26)27-5)15-24(16-18-9-7-6-8-10-18)21(25)19-11-13-20(14-12-19)23(2,3)4/h6-14,17H,15-16H2,1-5H3. The number of hydrogen-bond donors (Lipinski definition) is 0. The number of methoxy groups -OCH3 is 1. The van der Waals surface area contributed by atoms with Crippen molar-refractivity contribution in [2.24, 2.45) is 5.92 Å². The largest absolute Gasteiger partial charge is 0.469 e. The van der Waals surface area contributed by atoms with E-state index in [1.807, 2.05) is 54.6 Å². The first-order chi connectivity index (χ1) is 12.7. The highest BCUT2D eigenvalue weighted by Gasteiger charge is 2.23. The highest BCUT2D eigenvalue weighted by Crippen LogP contribution is 2.23. The minimum atomic E-state index is -0.392. The Hall–Kier alpha value is -2.62. The van der Waals surface area contributed by atoms with Gasteiger partial charge in [0.1, 0.15) is 0 Å². The Balaban J connectivity index is 2.25. The molecular formula is C23H29NO3. The van der Waals surface area contributed by atoms with Crippen molar-refractivity contribution in [1.29, 1.82) is 0 Å². The molecule has 0 bridgehead atoms. The van der Waals surface area contributed by atoms with E-state index in [2.05, 4.69) is 20.8 Å². The normalized spacial score (nSPS) is 12.3. The Morgan fingerprint density at radius 2 is 1.59 bits per heavy atom. The molecule has 1 unspecified atom stereocenters. The van der Waals surface area contributed by atoms with Crippen LogP contribution in [-0.2, 0) is 21.5 Å². The first-order valence-electron chi connectivity index (χ1n) is 9.24. The molecule has 0 aromatic heterocycles. The summed E-state index contributed by atoms with van der Waals surface area (Å²) in [6, 6.07) is 17.5. The molecule has 1 amide bonds. The van der Waals surface area contributed by atoms with Gasteiger partial charge < -0.3 is 9.64 Å². The predicted octanol–water partition coefficient (Wildman–Crippen LogP) is 4.44. The van der Waals surface area contributed by atoms with Gasteiger partial charge in [0.15, 0.2) is 0 Å². The second-order valence-electron chi connectivity index (χ2n) is 7.92. The molecule has 0 N–H and O–H groups in total. The van der Waals surface area contributed by atoms with E-state index in [9.17, 15) is 9.59 Å². The summed E-state index contributed by atoms with van der Waals surface area (Å²) < 4.78 is 4.82. The average molecular weight is 367 g/mol. The SMILES string of the molecule is COC(=O)C(C)CN(Cc1ccccc1)C(=O)c1ccc(C(C)(C)C)cc1. The fraction of sp³-hybridized carbons (Fsp3) is 0.391. The van der Waals surface area contributed by atoms with Gasteiger partial charge in [0.2, 0.25) is 0 Å². The molecule has 4 nitrogen and oxygen atoms in total. The molecule has 1 atom stereocenters. The molecule has 0 saturated carbocycles. The zero-order chi connectivity index (χ0) is 20.0. The summed E-state index contributed by atoms with van der Waals surface area (Å²) in [5, 5.41) is 0. The Labute approximate surface area is 162 Å². The van der Waals surface area contributed by atoms with E-state index in [-0.39, 0.29) is 17.3 Å². The molecule has 2 aromatic carbocycles. The van der Waals surface area contributed by atoms with Gasteiger partial charge in [0.05, 0.1) is 13.0 Å². The number of ether oxygens (including phenoxy) is 1. The molecule has 2 rings (SSSR count). The van der Waals surface area contributed by atoms with Crippen LogP contribution in [-0.4, -0.2) is 30.4 Å². The van der Waals surface area contributed by atoms with Crippen LogP contribution in [0.2, 0.25) is 0 Å². The highest BCUT2D eigenvalue weighted by atomic mass is 16.5. The number of esters is 1. The molecule has 4 heteroatoms. The first kappa shape index (κ1) is 20.7. The van der Waals surface area contributed by atoms with Gasteiger partial charge in [-0.25, -0.2) is 0 Å². The quantitative estimate of drug-likeness (QED) is 0.709. The summed E-state index contributed by atoms with van der Waals surface area (Å²) in [6.45, 7) is 8.96. The summed E-state index contributed by atoms with van der Waals surface area (Å²) in [4.78, 5) is 26.7. The van der Waals surface area contributed by atoms with Crippen molar-refractivity contribution in [1.82, 2.24) is 4.90 Å². The number of carbonyl (C=O) groups is 2. The van der Waals surface area contributed by atoms with Crippen LogP contribution in [0.15, 0.2) is 54.6 Å². The fourth-order valence-electron chi connectivity index (χ4n) is 2.92. The fourth-order valence-corrected chi connectivity index (χ4v) is 2.92. The van der Waals surface area contributed by atoms with E-state index >= 15 is 0 Å². The number of nitrogens with zero attached hydrogens (tertiary/aromatic N) is 1. The molecule has 0 aliphatic rings. The third kappa shape index (κ3) is 5.68. The van der Waals surface area contributed by atoms with Gasteiger partial charge in [-0.15, -0.1) is 0 Å². The number of carbonyl (C=O) groups excluding carboxylic acids is 2. The van der Waals surface area contributed by atoms with Crippen LogP contribution in [0.5, 0.6) is 0 Å². The van der Waals surface area contributed by atoms with Crippen molar-refractivity contribution in [3.05, 3.63) is 71.3 Å². The molecule has 0 aliphatic heterocycles. The molecule has 0 aliphatic carbocycles. The van der Waals surface area contributed by atoms with E-state index < -0.39 is 5.92 Å². The zero-order valence-electron chi connectivity index (χ0n) is 16.9. The molecule has 144 valence electrons. The molecule has 0 spiro atoms. The van der Waals surface area contributed by atoms with Gasteiger partial charge in [-0.1, -0.05) is 70.2 Å². The lowest BCUT2D eigenvalue weighted by Crippen LogP contribution is -2.36. The summed E-state index contributed by atoms with van der Waals surface area (Å²) in [5.74, 6) is -0.796. The van der Waals surface area contributed by atoms with Gasteiger partial charge in [-0.05, 0) is 28.7 Å². The monoisotopic (exact) mass is 367 g/mol. The lowest BCUT2D eigenvalue weighted by Gasteiger charge is -2.26. The van der Waals surface area contributed by atoms with E-state index in [4.69, 9.17) is 4.74 Å². The Morgan fingerprint density at radius 3 is 2.11 bits per heavy atom. The first-order valence-corrected chi connectivity index (χ1v) is 9.24. The Morgan fingerprint density at radius 1 is 1.00 bits per heavy atom. The minimum absolute atomic E-state index is 0.0324. The van der Waals surface area contributed by atoms with Crippen molar-refractivity contribution in [3.8, 4) is 0 Å². The lowest BCUT2D eigenvalue weighted by molar-refractivity contribution is -0.145. The van der Waals surface area contributed by atoms with Crippen molar-refractivity contribution in [2.75, 3.05) is 13.7 Å². The van der Waals surface area contributed by atoms with Crippen molar-refractivity contribution >= 4 is 11.9 Å². The van der Waals surface area contributed by atoms with Crippen molar-refractivity contribution in [3.63, 3.8) is 0 Å². The second kappa shape index (κ2) is 8.85. The maximum Gasteiger partial charge on any atom is 0.310 e. The maximum atomic E-state index is 13.1.